The van der Waals surface area contributed by atoms with Crippen LogP contribution in [0.25, 0.3) is 6.08 Å². The van der Waals surface area contributed by atoms with Crippen molar-refractivity contribution in [2.24, 2.45) is 0 Å². The summed E-state index contributed by atoms with van der Waals surface area (Å²) in [5, 5.41) is 2.73. The van der Waals surface area contributed by atoms with Crippen molar-refractivity contribution < 1.29 is 17.4 Å². The molecule has 0 fully saturated rings. The fourth-order valence-corrected chi connectivity index (χ4v) is 1.77. The van der Waals surface area contributed by atoms with E-state index in [1.54, 1.807) is 18.2 Å². The molecular formula is C13H17NO4S. The molecule has 1 aromatic carbocycles. The first kappa shape index (κ1) is 15.2. The van der Waals surface area contributed by atoms with Crippen LogP contribution in [0.3, 0.4) is 0 Å². The number of benzene rings is 1. The highest BCUT2D eigenvalue weighted by atomic mass is 32.2. The summed E-state index contributed by atoms with van der Waals surface area (Å²) in [4.78, 5) is 11.4. The quantitative estimate of drug-likeness (QED) is 0.657. The van der Waals surface area contributed by atoms with Crippen LogP contribution in [-0.2, 0) is 14.9 Å². The number of hydrogen-bond donors (Lipinski definition) is 1. The van der Waals surface area contributed by atoms with Crippen molar-refractivity contribution >= 4 is 22.1 Å². The first-order valence-corrected chi connectivity index (χ1v) is 7.56. The van der Waals surface area contributed by atoms with Crippen LogP contribution < -0.4 is 9.50 Å². The molecule has 0 saturated carbocycles. The molecule has 5 nitrogen and oxygen atoms in total. The molecule has 0 atom stereocenters. The number of rotatable bonds is 5. The number of amides is 1. The highest BCUT2D eigenvalue weighted by Crippen LogP contribution is 2.14. The first-order chi connectivity index (χ1) is 8.76. The Morgan fingerprint density at radius 3 is 2.32 bits per heavy atom. The molecule has 19 heavy (non-hydrogen) atoms. The SMILES string of the molecule is CC(C)NC(=O)/C=C/c1ccc(OS(C)(=O)=O)cc1. The minimum Gasteiger partial charge on any atom is -0.383 e. The normalized spacial score (nSPS) is 11.8. The lowest BCUT2D eigenvalue weighted by Gasteiger charge is -2.04. The number of carbonyl (C=O) groups excluding carboxylic acids is 1. The largest absolute Gasteiger partial charge is 0.383 e. The number of nitrogens with one attached hydrogen (secondary N) is 1. The van der Waals surface area contributed by atoms with Crippen LogP contribution in [0, 0.1) is 0 Å². The summed E-state index contributed by atoms with van der Waals surface area (Å²) in [5.74, 6) is 0.0674. The maximum absolute atomic E-state index is 11.4. The van der Waals surface area contributed by atoms with Gasteiger partial charge in [0, 0.05) is 12.1 Å². The molecule has 1 aromatic rings. The molecule has 1 amide bonds. The van der Waals surface area contributed by atoms with Crippen molar-refractivity contribution in [2.45, 2.75) is 19.9 Å². The fraction of sp³-hybridized carbons (Fsp3) is 0.308. The Morgan fingerprint density at radius 1 is 1.26 bits per heavy atom. The summed E-state index contributed by atoms with van der Waals surface area (Å²) in [6.07, 6.45) is 4.05. The summed E-state index contributed by atoms with van der Waals surface area (Å²) >= 11 is 0. The zero-order chi connectivity index (χ0) is 14.5. The zero-order valence-electron chi connectivity index (χ0n) is 11.1. The van der Waals surface area contributed by atoms with Gasteiger partial charge in [-0.05, 0) is 37.6 Å². The highest BCUT2D eigenvalue weighted by molar-refractivity contribution is 7.86. The second kappa shape index (κ2) is 6.38. The van der Waals surface area contributed by atoms with Gasteiger partial charge >= 0.3 is 10.1 Å². The molecule has 104 valence electrons. The maximum atomic E-state index is 11.4. The Hall–Kier alpha value is -1.82. The van der Waals surface area contributed by atoms with Gasteiger partial charge in [0.2, 0.25) is 5.91 Å². The van der Waals surface area contributed by atoms with E-state index in [9.17, 15) is 13.2 Å². The van der Waals surface area contributed by atoms with Crippen LogP contribution in [0.15, 0.2) is 30.3 Å². The van der Waals surface area contributed by atoms with Crippen molar-refractivity contribution in [3.05, 3.63) is 35.9 Å². The average molecular weight is 283 g/mol. The average Bonchev–Trinajstić information content (AvgIpc) is 2.25. The van der Waals surface area contributed by atoms with Crippen LogP contribution in [0.4, 0.5) is 0 Å². The molecule has 0 unspecified atom stereocenters. The van der Waals surface area contributed by atoms with E-state index < -0.39 is 10.1 Å². The van der Waals surface area contributed by atoms with Gasteiger partial charge in [0.05, 0.1) is 6.26 Å². The third kappa shape index (κ3) is 6.61. The van der Waals surface area contributed by atoms with Crippen LogP contribution in [0.5, 0.6) is 5.75 Å². The molecule has 0 saturated heterocycles. The van der Waals surface area contributed by atoms with E-state index in [-0.39, 0.29) is 17.7 Å². The van der Waals surface area contributed by atoms with Gasteiger partial charge in [-0.3, -0.25) is 4.79 Å². The first-order valence-electron chi connectivity index (χ1n) is 5.74. The van der Waals surface area contributed by atoms with Crippen molar-refractivity contribution in [2.75, 3.05) is 6.26 Å². The van der Waals surface area contributed by atoms with Gasteiger partial charge in [-0.2, -0.15) is 8.42 Å². The predicted octanol–water partition coefficient (Wildman–Crippen LogP) is 1.56. The number of carbonyl (C=O) groups is 1. The van der Waals surface area contributed by atoms with Gasteiger partial charge in [0.15, 0.2) is 0 Å². The van der Waals surface area contributed by atoms with Crippen LogP contribution in [0.1, 0.15) is 19.4 Å². The molecule has 0 aliphatic heterocycles. The van der Waals surface area contributed by atoms with E-state index in [2.05, 4.69) is 5.32 Å². The molecule has 0 radical (unpaired) electrons. The van der Waals surface area contributed by atoms with Crippen molar-refractivity contribution in [1.82, 2.24) is 5.32 Å². The minimum atomic E-state index is -3.51. The molecule has 1 rings (SSSR count). The van der Waals surface area contributed by atoms with E-state index >= 15 is 0 Å². The van der Waals surface area contributed by atoms with Crippen LogP contribution in [-0.4, -0.2) is 26.6 Å². The zero-order valence-corrected chi connectivity index (χ0v) is 11.9. The van der Waals surface area contributed by atoms with Gasteiger partial charge in [-0.25, -0.2) is 0 Å². The molecular weight excluding hydrogens is 266 g/mol. The van der Waals surface area contributed by atoms with Gasteiger partial charge < -0.3 is 9.50 Å². The third-order valence-electron chi connectivity index (χ3n) is 1.99. The molecule has 1 N–H and O–H groups in total. The van der Waals surface area contributed by atoms with Crippen molar-refractivity contribution in [3.8, 4) is 5.75 Å². The van der Waals surface area contributed by atoms with Crippen LogP contribution >= 0.6 is 0 Å². The maximum Gasteiger partial charge on any atom is 0.306 e. The molecule has 0 spiro atoms. The van der Waals surface area contributed by atoms with Gasteiger partial charge in [-0.15, -0.1) is 0 Å². The van der Waals surface area contributed by atoms with E-state index in [1.165, 1.54) is 18.2 Å². The Balaban J connectivity index is 2.67. The summed E-state index contributed by atoms with van der Waals surface area (Å²) in [5.41, 5.74) is 0.778. The standard InChI is InChI=1S/C13H17NO4S/c1-10(2)14-13(15)9-6-11-4-7-12(8-5-11)18-19(3,16)17/h4-10H,1-3H3,(H,14,15)/b9-6+. The van der Waals surface area contributed by atoms with E-state index in [4.69, 9.17) is 4.18 Å². The lowest BCUT2D eigenvalue weighted by molar-refractivity contribution is -0.116. The third-order valence-corrected chi connectivity index (χ3v) is 2.48. The summed E-state index contributed by atoms with van der Waals surface area (Å²) in [7, 11) is -3.51. The molecule has 0 bridgehead atoms. The molecule has 0 aliphatic rings. The lowest BCUT2D eigenvalue weighted by Crippen LogP contribution is -2.28. The summed E-state index contributed by atoms with van der Waals surface area (Å²) < 4.78 is 26.5. The predicted molar refractivity (Wildman–Crippen MR) is 74.2 cm³/mol. The van der Waals surface area contributed by atoms with Crippen LogP contribution in [0.2, 0.25) is 0 Å². The Morgan fingerprint density at radius 2 is 1.84 bits per heavy atom. The lowest BCUT2D eigenvalue weighted by atomic mass is 10.2. The smallest absolute Gasteiger partial charge is 0.306 e. The summed E-state index contributed by atoms with van der Waals surface area (Å²) in [6.45, 7) is 3.76. The van der Waals surface area contributed by atoms with E-state index in [1.807, 2.05) is 13.8 Å². The second-order valence-corrected chi connectivity index (χ2v) is 5.93. The van der Waals surface area contributed by atoms with Gasteiger partial charge in [-0.1, -0.05) is 12.1 Å². The molecule has 6 heteroatoms. The Kier molecular flexibility index (Phi) is 5.11. The van der Waals surface area contributed by atoms with Gasteiger partial charge in [0.1, 0.15) is 5.75 Å². The minimum absolute atomic E-state index is 0.0858. The fourth-order valence-electron chi connectivity index (χ4n) is 1.31. The van der Waals surface area contributed by atoms with E-state index in [0.29, 0.717) is 0 Å². The summed E-state index contributed by atoms with van der Waals surface area (Å²) in [6, 6.07) is 6.48. The topological polar surface area (TPSA) is 72.5 Å². The van der Waals surface area contributed by atoms with Gasteiger partial charge in [0.25, 0.3) is 0 Å². The number of hydrogen-bond acceptors (Lipinski definition) is 4. The molecule has 0 heterocycles. The van der Waals surface area contributed by atoms with E-state index in [0.717, 1.165) is 11.8 Å². The second-order valence-electron chi connectivity index (χ2n) is 4.35. The molecule has 0 aromatic heterocycles. The van der Waals surface area contributed by atoms with Crippen molar-refractivity contribution in [3.63, 3.8) is 0 Å². The Bertz CT molecular complexity index is 559. The molecule has 0 aliphatic carbocycles. The highest BCUT2D eigenvalue weighted by Gasteiger charge is 2.03. The van der Waals surface area contributed by atoms with Crippen molar-refractivity contribution in [1.29, 1.82) is 0 Å². The Labute approximate surface area is 113 Å². The monoisotopic (exact) mass is 283 g/mol.